The molecule has 2 amide bonds. The minimum atomic E-state index is -0.446. The fourth-order valence-corrected chi connectivity index (χ4v) is 2.94. The van der Waals surface area contributed by atoms with E-state index in [4.69, 9.17) is 0 Å². The summed E-state index contributed by atoms with van der Waals surface area (Å²) in [5, 5.41) is 2.84. The average Bonchev–Trinajstić information content (AvgIpc) is 3.11. The van der Waals surface area contributed by atoms with E-state index in [1.165, 1.54) is 12.1 Å². The van der Waals surface area contributed by atoms with E-state index >= 15 is 0 Å². The molecule has 24 heavy (non-hydrogen) atoms. The lowest BCUT2D eigenvalue weighted by molar-refractivity contribution is -0.125. The van der Waals surface area contributed by atoms with E-state index in [-0.39, 0.29) is 17.6 Å². The van der Waals surface area contributed by atoms with E-state index in [0.29, 0.717) is 25.1 Å². The smallest absolute Gasteiger partial charge is 0.254 e. The molecular formula is C19H19FN2O2. The second-order valence-corrected chi connectivity index (χ2v) is 5.87. The van der Waals surface area contributed by atoms with Gasteiger partial charge in [-0.15, -0.1) is 0 Å². The molecule has 1 saturated heterocycles. The van der Waals surface area contributed by atoms with Gasteiger partial charge in [0.25, 0.3) is 5.91 Å². The van der Waals surface area contributed by atoms with E-state index in [9.17, 15) is 14.0 Å². The lowest BCUT2D eigenvalue weighted by Gasteiger charge is -2.24. The van der Waals surface area contributed by atoms with E-state index in [1.807, 2.05) is 18.2 Å². The van der Waals surface area contributed by atoms with Gasteiger partial charge in [0.2, 0.25) is 5.91 Å². The number of rotatable bonds is 4. The third-order valence-electron chi connectivity index (χ3n) is 4.22. The predicted molar refractivity (Wildman–Crippen MR) is 88.7 cm³/mol. The van der Waals surface area contributed by atoms with Gasteiger partial charge in [-0.1, -0.05) is 30.3 Å². The van der Waals surface area contributed by atoms with Crippen molar-refractivity contribution in [1.82, 2.24) is 10.2 Å². The van der Waals surface area contributed by atoms with Crippen LogP contribution in [-0.2, 0) is 11.3 Å². The molecule has 0 aromatic heterocycles. The maximum Gasteiger partial charge on any atom is 0.254 e. The van der Waals surface area contributed by atoms with E-state index in [1.54, 1.807) is 29.2 Å². The van der Waals surface area contributed by atoms with Gasteiger partial charge in [0, 0.05) is 18.7 Å². The first-order chi connectivity index (χ1) is 11.6. The Morgan fingerprint density at radius 1 is 1.08 bits per heavy atom. The van der Waals surface area contributed by atoms with E-state index in [0.717, 1.165) is 12.0 Å². The van der Waals surface area contributed by atoms with Crippen molar-refractivity contribution < 1.29 is 14.0 Å². The largest absolute Gasteiger partial charge is 0.350 e. The minimum absolute atomic E-state index is 0.116. The van der Waals surface area contributed by atoms with Crippen molar-refractivity contribution in [3.05, 3.63) is 71.5 Å². The van der Waals surface area contributed by atoms with Crippen LogP contribution in [0.4, 0.5) is 4.39 Å². The Bertz CT molecular complexity index is 716. The number of nitrogens with zero attached hydrogens (tertiary/aromatic N) is 1. The number of amides is 2. The molecule has 5 heteroatoms. The number of hydrogen-bond acceptors (Lipinski definition) is 2. The summed E-state index contributed by atoms with van der Waals surface area (Å²) in [5.41, 5.74) is 1.42. The normalized spacial score (nSPS) is 16.9. The molecule has 1 atom stereocenters. The van der Waals surface area contributed by atoms with Crippen LogP contribution in [0.15, 0.2) is 54.6 Å². The van der Waals surface area contributed by atoms with Crippen molar-refractivity contribution in [2.75, 3.05) is 6.54 Å². The quantitative estimate of drug-likeness (QED) is 0.939. The topological polar surface area (TPSA) is 49.4 Å². The van der Waals surface area contributed by atoms with Gasteiger partial charge in [-0.25, -0.2) is 4.39 Å². The molecule has 1 N–H and O–H groups in total. The molecule has 0 unspecified atom stereocenters. The van der Waals surface area contributed by atoms with Crippen molar-refractivity contribution in [1.29, 1.82) is 0 Å². The lowest BCUT2D eigenvalue weighted by atomic mass is 10.1. The summed E-state index contributed by atoms with van der Waals surface area (Å²) in [5.74, 6) is -0.586. The van der Waals surface area contributed by atoms with Crippen LogP contribution in [0.1, 0.15) is 28.8 Å². The molecule has 3 rings (SSSR count). The van der Waals surface area contributed by atoms with Crippen molar-refractivity contribution in [2.24, 2.45) is 0 Å². The molecule has 1 heterocycles. The van der Waals surface area contributed by atoms with Gasteiger partial charge >= 0.3 is 0 Å². The zero-order chi connectivity index (χ0) is 16.9. The highest BCUT2D eigenvalue weighted by molar-refractivity contribution is 5.97. The Labute approximate surface area is 140 Å². The highest BCUT2D eigenvalue weighted by atomic mass is 19.1. The summed E-state index contributed by atoms with van der Waals surface area (Å²) in [4.78, 5) is 26.7. The molecule has 1 aliphatic heterocycles. The number of nitrogens with one attached hydrogen (secondary N) is 1. The van der Waals surface area contributed by atoms with Crippen LogP contribution in [0.3, 0.4) is 0 Å². The third-order valence-corrected chi connectivity index (χ3v) is 4.22. The summed E-state index contributed by atoms with van der Waals surface area (Å²) in [6.07, 6.45) is 1.47. The third kappa shape index (κ3) is 3.62. The van der Waals surface area contributed by atoms with Crippen molar-refractivity contribution in [2.45, 2.75) is 25.4 Å². The highest BCUT2D eigenvalue weighted by Gasteiger charge is 2.34. The predicted octanol–water partition coefficient (Wildman–Crippen LogP) is 2.75. The Balaban J connectivity index is 1.63. The summed E-state index contributed by atoms with van der Waals surface area (Å²) >= 11 is 0. The van der Waals surface area contributed by atoms with Gasteiger partial charge in [-0.3, -0.25) is 9.59 Å². The summed E-state index contributed by atoms with van der Waals surface area (Å²) in [6, 6.07) is 14.5. The molecule has 0 aliphatic carbocycles. The number of hydrogen-bond donors (Lipinski definition) is 1. The summed E-state index contributed by atoms with van der Waals surface area (Å²) < 4.78 is 12.9. The monoisotopic (exact) mass is 326 g/mol. The molecular weight excluding hydrogens is 307 g/mol. The van der Waals surface area contributed by atoms with E-state index in [2.05, 4.69) is 5.32 Å². The number of carbonyl (C=O) groups excluding carboxylic acids is 2. The Morgan fingerprint density at radius 3 is 2.50 bits per heavy atom. The first kappa shape index (κ1) is 16.2. The first-order valence-corrected chi connectivity index (χ1v) is 8.03. The minimum Gasteiger partial charge on any atom is -0.350 e. The van der Waals surface area contributed by atoms with Crippen molar-refractivity contribution in [3.8, 4) is 0 Å². The molecule has 4 nitrogen and oxygen atoms in total. The SMILES string of the molecule is O=C(NCc1ccc(F)cc1)[C@@H]1CCCN1C(=O)c1ccccc1. The Hall–Kier alpha value is -2.69. The maximum absolute atomic E-state index is 12.9. The van der Waals surface area contributed by atoms with Crippen molar-refractivity contribution >= 4 is 11.8 Å². The molecule has 2 aromatic carbocycles. The fourth-order valence-electron chi connectivity index (χ4n) is 2.94. The standard InChI is InChI=1S/C19H19FN2O2/c20-16-10-8-14(9-11-16)13-21-18(23)17-7-4-12-22(17)19(24)15-5-2-1-3-6-15/h1-3,5-6,8-11,17H,4,7,12-13H2,(H,21,23)/t17-/m0/s1. The zero-order valence-corrected chi connectivity index (χ0v) is 13.2. The van der Waals surface area contributed by atoms with Gasteiger partial charge < -0.3 is 10.2 Å². The molecule has 0 radical (unpaired) electrons. The van der Waals surface area contributed by atoms with Gasteiger partial charge in [0.05, 0.1) is 0 Å². The molecule has 2 aromatic rings. The molecule has 1 aliphatic rings. The highest BCUT2D eigenvalue weighted by Crippen LogP contribution is 2.20. The number of benzene rings is 2. The van der Waals surface area contributed by atoms with Gasteiger partial charge in [-0.05, 0) is 42.7 Å². The summed E-state index contributed by atoms with van der Waals surface area (Å²) in [7, 11) is 0. The van der Waals surface area contributed by atoms with Crippen LogP contribution in [0.2, 0.25) is 0 Å². The number of halogens is 1. The second-order valence-electron chi connectivity index (χ2n) is 5.87. The van der Waals surface area contributed by atoms with Gasteiger partial charge in [-0.2, -0.15) is 0 Å². The molecule has 0 spiro atoms. The zero-order valence-electron chi connectivity index (χ0n) is 13.2. The molecule has 124 valence electrons. The van der Waals surface area contributed by atoms with E-state index < -0.39 is 6.04 Å². The van der Waals surface area contributed by atoms with Crippen LogP contribution in [0, 0.1) is 5.82 Å². The number of carbonyl (C=O) groups is 2. The van der Waals surface area contributed by atoms with Crippen LogP contribution in [0.5, 0.6) is 0 Å². The Kier molecular flexibility index (Phi) is 4.89. The van der Waals surface area contributed by atoms with Crippen LogP contribution >= 0.6 is 0 Å². The van der Waals surface area contributed by atoms with Crippen LogP contribution in [0.25, 0.3) is 0 Å². The number of likely N-dealkylation sites (tertiary alicyclic amines) is 1. The molecule has 0 saturated carbocycles. The summed E-state index contributed by atoms with van der Waals surface area (Å²) in [6.45, 7) is 0.908. The molecule has 0 bridgehead atoms. The molecule has 1 fully saturated rings. The average molecular weight is 326 g/mol. The van der Waals surface area contributed by atoms with Crippen molar-refractivity contribution in [3.63, 3.8) is 0 Å². The first-order valence-electron chi connectivity index (χ1n) is 8.03. The van der Waals surface area contributed by atoms with Crippen LogP contribution in [-0.4, -0.2) is 29.3 Å². The second kappa shape index (κ2) is 7.25. The maximum atomic E-state index is 12.9. The van der Waals surface area contributed by atoms with Gasteiger partial charge in [0.15, 0.2) is 0 Å². The van der Waals surface area contributed by atoms with Crippen LogP contribution < -0.4 is 5.32 Å². The lowest BCUT2D eigenvalue weighted by Crippen LogP contribution is -2.45. The Morgan fingerprint density at radius 2 is 1.79 bits per heavy atom. The van der Waals surface area contributed by atoms with Gasteiger partial charge in [0.1, 0.15) is 11.9 Å². The fraction of sp³-hybridized carbons (Fsp3) is 0.263.